The number of methoxy groups -OCH3 is 1. The van der Waals surface area contributed by atoms with E-state index in [1.165, 1.54) is 5.69 Å². The minimum atomic E-state index is 0.282. The van der Waals surface area contributed by atoms with Crippen molar-refractivity contribution < 1.29 is 4.74 Å². The minimum absolute atomic E-state index is 0.282. The standard InChI is InChI=1S/C14H26N4O/c1-14(2,3)13-11-17(6-5-15-13)12-9-16-18(10-12)7-8-19-4/h9-10,13,15H,5-8,11H2,1-4H3. The SMILES string of the molecule is COCCn1cc(N2CCNC(C(C)(C)C)C2)cn1. The molecular weight excluding hydrogens is 240 g/mol. The molecule has 19 heavy (non-hydrogen) atoms. The molecule has 0 saturated carbocycles. The molecule has 1 saturated heterocycles. The van der Waals surface area contributed by atoms with Crippen LogP contribution in [0.3, 0.4) is 0 Å². The van der Waals surface area contributed by atoms with Crippen molar-refractivity contribution in [3.05, 3.63) is 12.4 Å². The Morgan fingerprint density at radius 2 is 2.26 bits per heavy atom. The maximum atomic E-state index is 5.08. The van der Waals surface area contributed by atoms with Gasteiger partial charge >= 0.3 is 0 Å². The first-order chi connectivity index (χ1) is 9.00. The van der Waals surface area contributed by atoms with Crippen LogP contribution in [-0.4, -0.2) is 49.2 Å². The molecule has 1 aromatic heterocycles. The summed E-state index contributed by atoms with van der Waals surface area (Å²) in [5.41, 5.74) is 1.50. The molecule has 1 unspecified atom stereocenters. The van der Waals surface area contributed by atoms with Gasteiger partial charge in [0.25, 0.3) is 0 Å². The molecule has 0 amide bonds. The van der Waals surface area contributed by atoms with Gasteiger partial charge in [0.15, 0.2) is 0 Å². The second kappa shape index (κ2) is 5.92. The Morgan fingerprint density at radius 1 is 1.47 bits per heavy atom. The number of aromatic nitrogens is 2. The Morgan fingerprint density at radius 3 is 2.95 bits per heavy atom. The Bertz CT molecular complexity index is 396. The van der Waals surface area contributed by atoms with Crippen molar-refractivity contribution in [1.82, 2.24) is 15.1 Å². The molecule has 0 aromatic carbocycles. The molecule has 1 fully saturated rings. The molecule has 108 valence electrons. The Labute approximate surface area is 115 Å². The number of ether oxygens (including phenoxy) is 1. The zero-order chi connectivity index (χ0) is 13.9. The van der Waals surface area contributed by atoms with E-state index >= 15 is 0 Å². The van der Waals surface area contributed by atoms with Gasteiger partial charge in [0.1, 0.15) is 0 Å². The third-order valence-electron chi connectivity index (χ3n) is 3.73. The molecule has 0 spiro atoms. The van der Waals surface area contributed by atoms with E-state index < -0.39 is 0 Å². The molecule has 1 aromatic rings. The molecule has 0 radical (unpaired) electrons. The fraction of sp³-hybridized carbons (Fsp3) is 0.786. The van der Waals surface area contributed by atoms with Gasteiger partial charge in [-0.05, 0) is 5.41 Å². The number of anilines is 1. The first kappa shape index (κ1) is 14.3. The van der Waals surface area contributed by atoms with Gasteiger partial charge in [0, 0.05) is 39.0 Å². The van der Waals surface area contributed by atoms with E-state index in [9.17, 15) is 0 Å². The fourth-order valence-electron chi connectivity index (χ4n) is 2.39. The quantitative estimate of drug-likeness (QED) is 0.893. The molecule has 2 heterocycles. The first-order valence-electron chi connectivity index (χ1n) is 7.00. The summed E-state index contributed by atoms with van der Waals surface area (Å²) in [4.78, 5) is 2.42. The zero-order valence-corrected chi connectivity index (χ0v) is 12.5. The summed E-state index contributed by atoms with van der Waals surface area (Å²) in [6.07, 6.45) is 4.07. The van der Waals surface area contributed by atoms with E-state index in [0.29, 0.717) is 12.6 Å². The highest BCUT2D eigenvalue weighted by atomic mass is 16.5. The molecule has 1 atom stereocenters. The van der Waals surface area contributed by atoms with Crippen molar-refractivity contribution in [2.45, 2.75) is 33.4 Å². The second-order valence-electron chi connectivity index (χ2n) is 6.27. The third kappa shape index (κ3) is 3.70. The van der Waals surface area contributed by atoms with Crippen molar-refractivity contribution in [3.8, 4) is 0 Å². The van der Waals surface area contributed by atoms with Crippen LogP contribution < -0.4 is 10.2 Å². The van der Waals surface area contributed by atoms with Crippen molar-refractivity contribution >= 4 is 5.69 Å². The predicted octanol–water partition coefficient (Wildman–Crippen LogP) is 1.35. The highest BCUT2D eigenvalue weighted by Gasteiger charge is 2.29. The Hall–Kier alpha value is -1.07. The zero-order valence-electron chi connectivity index (χ0n) is 12.5. The van der Waals surface area contributed by atoms with Gasteiger partial charge in [-0.15, -0.1) is 0 Å². The first-order valence-corrected chi connectivity index (χ1v) is 7.00. The van der Waals surface area contributed by atoms with Crippen molar-refractivity contribution in [3.63, 3.8) is 0 Å². The van der Waals surface area contributed by atoms with E-state index in [4.69, 9.17) is 4.74 Å². The normalized spacial score (nSPS) is 20.8. The Kier molecular flexibility index (Phi) is 4.47. The second-order valence-corrected chi connectivity index (χ2v) is 6.27. The molecule has 5 nitrogen and oxygen atoms in total. The monoisotopic (exact) mass is 266 g/mol. The van der Waals surface area contributed by atoms with Crippen LogP contribution in [0.25, 0.3) is 0 Å². The predicted molar refractivity (Wildman–Crippen MR) is 77.6 cm³/mol. The summed E-state index contributed by atoms with van der Waals surface area (Å²) in [5.74, 6) is 0. The van der Waals surface area contributed by atoms with Crippen LogP contribution in [0.4, 0.5) is 5.69 Å². The van der Waals surface area contributed by atoms with Crippen molar-refractivity contribution in [2.24, 2.45) is 5.41 Å². The molecule has 1 aliphatic rings. The number of rotatable bonds is 4. The number of hydrogen-bond donors (Lipinski definition) is 1. The van der Waals surface area contributed by atoms with Crippen LogP contribution in [0.5, 0.6) is 0 Å². The molecule has 0 aliphatic carbocycles. The number of nitrogens with one attached hydrogen (secondary N) is 1. The lowest BCUT2D eigenvalue weighted by molar-refractivity contribution is 0.183. The summed E-state index contributed by atoms with van der Waals surface area (Å²) >= 11 is 0. The van der Waals surface area contributed by atoms with E-state index in [1.807, 2.05) is 10.9 Å². The van der Waals surface area contributed by atoms with Gasteiger partial charge in [-0.3, -0.25) is 4.68 Å². The van der Waals surface area contributed by atoms with Gasteiger partial charge in [-0.2, -0.15) is 5.10 Å². The minimum Gasteiger partial charge on any atom is -0.383 e. The summed E-state index contributed by atoms with van der Waals surface area (Å²) in [6, 6.07) is 0.517. The highest BCUT2D eigenvalue weighted by molar-refractivity contribution is 5.43. The number of nitrogens with zero attached hydrogens (tertiary/aromatic N) is 3. The fourth-order valence-corrected chi connectivity index (χ4v) is 2.39. The van der Waals surface area contributed by atoms with Crippen LogP contribution in [-0.2, 0) is 11.3 Å². The topological polar surface area (TPSA) is 42.3 Å². The third-order valence-corrected chi connectivity index (χ3v) is 3.73. The molecule has 5 heteroatoms. The molecule has 1 N–H and O–H groups in total. The van der Waals surface area contributed by atoms with Crippen LogP contribution >= 0.6 is 0 Å². The molecule has 2 rings (SSSR count). The van der Waals surface area contributed by atoms with E-state index in [0.717, 1.165) is 26.2 Å². The summed E-state index contributed by atoms with van der Waals surface area (Å²) in [6.45, 7) is 11.5. The average Bonchev–Trinajstić information content (AvgIpc) is 2.84. The smallest absolute Gasteiger partial charge is 0.0753 e. The van der Waals surface area contributed by atoms with E-state index in [-0.39, 0.29) is 5.41 Å². The van der Waals surface area contributed by atoms with Gasteiger partial charge in [-0.1, -0.05) is 20.8 Å². The number of hydrogen-bond acceptors (Lipinski definition) is 4. The van der Waals surface area contributed by atoms with Gasteiger partial charge in [0.05, 0.1) is 25.0 Å². The van der Waals surface area contributed by atoms with Crippen molar-refractivity contribution in [2.75, 3.05) is 38.3 Å². The van der Waals surface area contributed by atoms with Crippen LogP contribution in [0.15, 0.2) is 12.4 Å². The van der Waals surface area contributed by atoms with Gasteiger partial charge in [-0.25, -0.2) is 0 Å². The van der Waals surface area contributed by atoms with Gasteiger partial charge in [0.2, 0.25) is 0 Å². The van der Waals surface area contributed by atoms with Crippen LogP contribution in [0.1, 0.15) is 20.8 Å². The molecular formula is C14H26N4O. The lowest BCUT2D eigenvalue weighted by Crippen LogP contribution is -2.55. The maximum Gasteiger partial charge on any atom is 0.0753 e. The Balaban J connectivity index is 1.99. The molecule has 1 aliphatic heterocycles. The lowest BCUT2D eigenvalue weighted by atomic mass is 9.85. The highest BCUT2D eigenvalue weighted by Crippen LogP contribution is 2.24. The lowest BCUT2D eigenvalue weighted by Gasteiger charge is -2.41. The molecule has 0 bridgehead atoms. The average molecular weight is 266 g/mol. The van der Waals surface area contributed by atoms with Crippen LogP contribution in [0, 0.1) is 5.41 Å². The largest absolute Gasteiger partial charge is 0.383 e. The van der Waals surface area contributed by atoms with E-state index in [1.54, 1.807) is 7.11 Å². The van der Waals surface area contributed by atoms with Crippen molar-refractivity contribution in [1.29, 1.82) is 0 Å². The van der Waals surface area contributed by atoms with Crippen LogP contribution in [0.2, 0.25) is 0 Å². The van der Waals surface area contributed by atoms with E-state index in [2.05, 4.69) is 42.3 Å². The van der Waals surface area contributed by atoms with Gasteiger partial charge < -0.3 is 15.0 Å². The summed E-state index contributed by atoms with van der Waals surface area (Å²) < 4.78 is 7.03. The number of piperazine rings is 1. The maximum absolute atomic E-state index is 5.08. The summed E-state index contributed by atoms with van der Waals surface area (Å²) in [7, 11) is 1.72. The summed E-state index contributed by atoms with van der Waals surface area (Å²) in [5, 5.41) is 8.00.